The zero-order chi connectivity index (χ0) is 22.2. The van der Waals surface area contributed by atoms with Gasteiger partial charge in [0.1, 0.15) is 6.61 Å². The smallest absolute Gasteiger partial charge is 0.246 e. The summed E-state index contributed by atoms with van der Waals surface area (Å²) in [7, 11) is 1.44. The van der Waals surface area contributed by atoms with Gasteiger partial charge in [-0.05, 0) is 48.6 Å². The lowest BCUT2D eigenvalue weighted by Gasteiger charge is -2.27. The standard InChI is InChI=1S/C25H24FN3O3/c1-32-21-10-9-14(11-17(21)26)12-20-25-23(15-5-2-3-7-18(15)28-25)16-6-4-8-19(24(16)29-20)27-22(31)13-30/h2-3,5,7,9-11,19,28,30H,4,6,8,12-13H2,1H3,(H,27,31). The number of hydrogen-bond acceptors (Lipinski definition) is 4. The molecule has 7 heteroatoms. The highest BCUT2D eigenvalue weighted by Gasteiger charge is 2.28. The Hall–Kier alpha value is -3.45. The molecule has 0 saturated heterocycles. The van der Waals surface area contributed by atoms with E-state index in [9.17, 15) is 14.3 Å². The number of benzene rings is 2. The number of H-pyrrole nitrogens is 1. The minimum Gasteiger partial charge on any atom is -0.494 e. The summed E-state index contributed by atoms with van der Waals surface area (Å²) >= 11 is 0. The van der Waals surface area contributed by atoms with Crippen LogP contribution in [0.15, 0.2) is 42.5 Å². The van der Waals surface area contributed by atoms with E-state index in [2.05, 4.69) is 16.4 Å². The van der Waals surface area contributed by atoms with Crippen LogP contribution in [-0.2, 0) is 17.6 Å². The van der Waals surface area contributed by atoms with Gasteiger partial charge < -0.3 is 20.1 Å². The van der Waals surface area contributed by atoms with Crippen LogP contribution in [-0.4, -0.2) is 34.7 Å². The molecule has 0 radical (unpaired) electrons. The lowest BCUT2D eigenvalue weighted by Crippen LogP contribution is -2.33. The number of pyridine rings is 1. The summed E-state index contributed by atoms with van der Waals surface area (Å²) in [4.78, 5) is 20.4. The number of rotatable bonds is 5. The van der Waals surface area contributed by atoms with Crippen LogP contribution in [0.4, 0.5) is 4.39 Å². The molecule has 0 fully saturated rings. The molecule has 0 saturated carbocycles. The van der Waals surface area contributed by atoms with Gasteiger partial charge in [-0.3, -0.25) is 9.78 Å². The van der Waals surface area contributed by atoms with Gasteiger partial charge in [-0.25, -0.2) is 4.39 Å². The molecular formula is C25H24FN3O3. The molecule has 5 rings (SSSR count). The molecule has 2 aromatic carbocycles. The quantitative estimate of drug-likeness (QED) is 0.445. The fourth-order valence-corrected chi connectivity index (χ4v) is 4.75. The lowest BCUT2D eigenvalue weighted by molar-refractivity contribution is -0.124. The predicted molar refractivity (Wildman–Crippen MR) is 120 cm³/mol. The number of fused-ring (bicyclic) bond motifs is 5. The van der Waals surface area contributed by atoms with Crippen LogP contribution in [0, 0.1) is 5.82 Å². The van der Waals surface area contributed by atoms with E-state index in [1.54, 1.807) is 6.07 Å². The van der Waals surface area contributed by atoms with Crippen molar-refractivity contribution in [1.82, 2.24) is 15.3 Å². The molecule has 3 N–H and O–H groups in total. The first-order valence-electron chi connectivity index (χ1n) is 10.7. The third-order valence-corrected chi connectivity index (χ3v) is 6.18. The number of methoxy groups -OCH3 is 1. The van der Waals surface area contributed by atoms with Gasteiger partial charge in [0.25, 0.3) is 0 Å². The number of nitrogens with zero attached hydrogens (tertiary/aromatic N) is 1. The molecule has 6 nitrogen and oxygen atoms in total. The normalized spacial score (nSPS) is 15.7. The summed E-state index contributed by atoms with van der Waals surface area (Å²) in [5, 5.41) is 14.4. The summed E-state index contributed by atoms with van der Waals surface area (Å²) in [6.07, 6.45) is 2.97. The average Bonchev–Trinajstić information content (AvgIpc) is 3.20. The summed E-state index contributed by atoms with van der Waals surface area (Å²) < 4.78 is 19.4. The van der Waals surface area contributed by atoms with E-state index in [1.807, 2.05) is 24.3 Å². The molecule has 2 heterocycles. The van der Waals surface area contributed by atoms with Crippen LogP contribution in [0.5, 0.6) is 5.75 Å². The van der Waals surface area contributed by atoms with Gasteiger partial charge in [0.15, 0.2) is 11.6 Å². The molecule has 2 aromatic heterocycles. The molecule has 4 aromatic rings. The van der Waals surface area contributed by atoms with E-state index in [0.717, 1.165) is 63.6 Å². The molecule has 1 amide bonds. The molecule has 1 unspecified atom stereocenters. The van der Waals surface area contributed by atoms with Gasteiger partial charge in [0.05, 0.1) is 30.1 Å². The number of carbonyl (C=O) groups excluding carboxylic acids is 1. The largest absolute Gasteiger partial charge is 0.494 e. The number of hydrogen-bond donors (Lipinski definition) is 3. The van der Waals surface area contributed by atoms with Crippen molar-refractivity contribution < 1.29 is 19.0 Å². The van der Waals surface area contributed by atoms with Gasteiger partial charge in [0.2, 0.25) is 5.91 Å². The van der Waals surface area contributed by atoms with E-state index in [-0.39, 0.29) is 11.8 Å². The van der Waals surface area contributed by atoms with Crippen LogP contribution in [0.25, 0.3) is 21.8 Å². The van der Waals surface area contributed by atoms with Crippen LogP contribution < -0.4 is 10.1 Å². The number of carbonyl (C=O) groups is 1. The lowest BCUT2D eigenvalue weighted by atomic mass is 9.88. The van der Waals surface area contributed by atoms with E-state index < -0.39 is 18.3 Å². The maximum atomic E-state index is 14.3. The van der Waals surface area contributed by atoms with Crippen LogP contribution in [0.3, 0.4) is 0 Å². The minimum absolute atomic E-state index is 0.203. The van der Waals surface area contributed by atoms with Crippen molar-refractivity contribution in [3.8, 4) is 5.75 Å². The number of halogens is 1. The third kappa shape index (κ3) is 3.48. The van der Waals surface area contributed by atoms with Crippen molar-refractivity contribution in [2.45, 2.75) is 31.7 Å². The van der Waals surface area contributed by atoms with Crippen LogP contribution in [0.2, 0.25) is 0 Å². The van der Waals surface area contributed by atoms with Gasteiger partial charge >= 0.3 is 0 Å². The number of aromatic amines is 1. The highest BCUT2D eigenvalue weighted by Crippen LogP contribution is 2.38. The van der Waals surface area contributed by atoms with Gasteiger partial charge in [-0.15, -0.1) is 0 Å². The van der Waals surface area contributed by atoms with Crippen molar-refractivity contribution in [2.75, 3.05) is 13.7 Å². The van der Waals surface area contributed by atoms with Crippen molar-refractivity contribution >= 4 is 27.7 Å². The van der Waals surface area contributed by atoms with Gasteiger partial charge in [-0.2, -0.15) is 0 Å². The number of para-hydroxylation sites is 1. The van der Waals surface area contributed by atoms with E-state index in [4.69, 9.17) is 9.72 Å². The number of amides is 1. The van der Waals surface area contributed by atoms with Gasteiger partial charge in [0, 0.05) is 22.7 Å². The zero-order valence-corrected chi connectivity index (χ0v) is 17.7. The van der Waals surface area contributed by atoms with Crippen LogP contribution in [0.1, 0.15) is 41.4 Å². The summed E-state index contributed by atoms with van der Waals surface area (Å²) in [5.41, 5.74) is 5.49. The molecule has 1 aliphatic rings. The Morgan fingerprint density at radius 3 is 2.94 bits per heavy atom. The first-order chi connectivity index (χ1) is 15.6. The zero-order valence-electron chi connectivity index (χ0n) is 17.7. The van der Waals surface area contributed by atoms with Crippen molar-refractivity contribution in [1.29, 1.82) is 0 Å². The molecule has 0 spiro atoms. The van der Waals surface area contributed by atoms with Crippen molar-refractivity contribution in [3.63, 3.8) is 0 Å². The fourth-order valence-electron chi connectivity index (χ4n) is 4.75. The van der Waals surface area contributed by atoms with Crippen molar-refractivity contribution in [2.24, 2.45) is 0 Å². The Labute approximate surface area is 184 Å². The first kappa shape index (κ1) is 20.5. The Balaban J connectivity index is 1.70. The predicted octanol–water partition coefficient (Wildman–Crippen LogP) is 3.94. The molecule has 0 aliphatic heterocycles. The highest BCUT2D eigenvalue weighted by molar-refractivity contribution is 6.10. The second kappa shape index (κ2) is 8.24. The molecule has 1 aliphatic carbocycles. The Bertz CT molecular complexity index is 1330. The highest BCUT2D eigenvalue weighted by atomic mass is 19.1. The minimum atomic E-state index is -0.556. The number of aliphatic hydroxyl groups excluding tert-OH is 1. The number of aliphatic hydroxyl groups is 1. The first-order valence-corrected chi connectivity index (χ1v) is 10.7. The van der Waals surface area contributed by atoms with E-state index in [1.165, 1.54) is 13.2 Å². The number of ether oxygens (including phenoxy) is 1. The average molecular weight is 433 g/mol. The number of aromatic nitrogens is 2. The number of aryl methyl sites for hydroxylation is 1. The fraction of sp³-hybridized carbons (Fsp3) is 0.280. The molecule has 164 valence electrons. The molecule has 32 heavy (non-hydrogen) atoms. The maximum absolute atomic E-state index is 14.3. The summed E-state index contributed by atoms with van der Waals surface area (Å²) in [6, 6.07) is 12.8. The number of nitrogens with one attached hydrogen (secondary N) is 2. The van der Waals surface area contributed by atoms with Crippen LogP contribution >= 0.6 is 0 Å². The Morgan fingerprint density at radius 2 is 2.16 bits per heavy atom. The van der Waals surface area contributed by atoms with Crippen molar-refractivity contribution in [3.05, 3.63) is 70.8 Å². The SMILES string of the molecule is COc1ccc(Cc2nc3c(c4c2[nH]c2ccccc24)CCCC3NC(=O)CO)cc1F. The maximum Gasteiger partial charge on any atom is 0.246 e. The molecular weight excluding hydrogens is 409 g/mol. The molecule has 1 atom stereocenters. The monoisotopic (exact) mass is 433 g/mol. The second-order valence-electron chi connectivity index (χ2n) is 8.16. The van der Waals surface area contributed by atoms with E-state index >= 15 is 0 Å². The molecule has 0 bridgehead atoms. The Kier molecular flexibility index (Phi) is 5.27. The van der Waals surface area contributed by atoms with Gasteiger partial charge in [-0.1, -0.05) is 24.3 Å². The summed E-state index contributed by atoms with van der Waals surface area (Å²) in [5.74, 6) is -0.624. The van der Waals surface area contributed by atoms with E-state index in [0.29, 0.717) is 6.42 Å². The second-order valence-corrected chi connectivity index (χ2v) is 8.16. The Morgan fingerprint density at radius 1 is 1.31 bits per heavy atom. The topological polar surface area (TPSA) is 87.2 Å². The third-order valence-electron chi connectivity index (χ3n) is 6.18. The summed E-state index contributed by atoms with van der Waals surface area (Å²) in [6.45, 7) is -0.556.